The van der Waals surface area contributed by atoms with Crippen molar-refractivity contribution in [1.82, 2.24) is 0 Å². The van der Waals surface area contributed by atoms with E-state index in [9.17, 15) is 4.79 Å². The first kappa shape index (κ1) is 14.6. The summed E-state index contributed by atoms with van der Waals surface area (Å²) in [4.78, 5) is 12.3. The van der Waals surface area contributed by atoms with Crippen molar-refractivity contribution in [2.24, 2.45) is 0 Å². The monoisotopic (exact) mass is 332 g/mol. The van der Waals surface area contributed by atoms with Crippen LogP contribution in [-0.2, 0) is 6.42 Å². The molecule has 3 nitrogen and oxygen atoms in total. The predicted molar refractivity (Wildman–Crippen MR) is 87.1 cm³/mol. The summed E-state index contributed by atoms with van der Waals surface area (Å²) in [6.07, 6.45) is 0.857. The van der Waals surface area contributed by atoms with Crippen LogP contribution in [0.5, 0.6) is 0 Å². The maximum Gasteiger partial charge on any atom is 0.255 e. The van der Waals surface area contributed by atoms with Gasteiger partial charge in [0.2, 0.25) is 0 Å². The zero-order chi connectivity index (χ0) is 14.7. The van der Waals surface area contributed by atoms with Crippen LogP contribution < -0.4 is 11.1 Å². The minimum Gasteiger partial charge on any atom is -0.399 e. The van der Waals surface area contributed by atoms with Gasteiger partial charge in [-0.15, -0.1) is 0 Å². The number of hydrogen-bond donors (Lipinski definition) is 2. The minimum absolute atomic E-state index is 0.120. The van der Waals surface area contributed by atoms with E-state index in [1.807, 2.05) is 25.1 Å². The van der Waals surface area contributed by atoms with Gasteiger partial charge in [-0.2, -0.15) is 0 Å². The normalized spacial score (nSPS) is 10.3. The summed E-state index contributed by atoms with van der Waals surface area (Å²) in [5.74, 6) is -0.120. The molecule has 0 aliphatic rings. The number of nitrogen functional groups attached to an aromatic ring is 1. The summed E-state index contributed by atoms with van der Waals surface area (Å²) < 4.78 is 1.01. The highest BCUT2D eigenvalue weighted by atomic mass is 79.9. The fourth-order valence-electron chi connectivity index (χ4n) is 1.99. The Bertz CT molecular complexity index is 653. The van der Waals surface area contributed by atoms with E-state index >= 15 is 0 Å². The van der Waals surface area contributed by atoms with E-state index in [0.29, 0.717) is 11.3 Å². The number of aryl methyl sites for hydroxylation is 2. The van der Waals surface area contributed by atoms with Gasteiger partial charge >= 0.3 is 0 Å². The Balaban J connectivity index is 2.25. The zero-order valence-corrected chi connectivity index (χ0v) is 13.1. The Morgan fingerprint density at radius 2 is 2.00 bits per heavy atom. The summed E-state index contributed by atoms with van der Waals surface area (Å²) >= 11 is 3.44. The molecule has 0 atom stereocenters. The van der Waals surface area contributed by atoms with Gasteiger partial charge in [0.1, 0.15) is 0 Å². The molecule has 2 aromatic carbocycles. The lowest BCUT2D eigenvalue weighted by atomic mass is 10.1. The lowest BCUT2D eigenvalue weighted by molar-refractivity contribution is 0.102. The molecule has 0 saturated carbocycles. The van der Waals surface area contributed by atoms with E-state index in [1.165, 1.54) is 0 Å². The maximum absolute atomic E-state index is 12.3. The predicted octanol–water partition coefficient (Wildman–Crippen LogP) is 4.15. The van der Waals surface area contributed by atoms with Crippen LogP contribution in [0.3, 0.4) is 0 Å². The quantitative estimate of drug-likeness (QED) is 0.829. The van der Waals surface area contributed by atoms with Crippen LogP contribution in [0.25, 0.3) is 0 Å². The van der Waals surface area contributed by atoms with E-state index in [2.05, 4.69) is 28.2 Å². The van der Waals surface area contributed by atoms with Gasteiger partial charge in [-0.3, -0.25) is 4.79 Å². The molecule has 104 valence electrons. The SMILES string of the molecule is CCc1cc(Br)ccc1NC(=O)c1ccc(N)c(C)c1. The number of nitrogens with one attached hydrogen (secondary N) is 1. The molecule has 0 saturated heterocycles. The number of amides is 1. The summed E-state index contributed by atoms with van der Waals surface area (Å²) in [5.41, 5.74) is 9.92. The zero-order valence-electron chi connectivity index (χ0n) is 11.5. The average Bonchev–Trinajstić information content (AvgIpc) is 2.43. The van der Waals surface area contributed by atoms with Crippen molar-refractivity contribution in [3.63, 3.8) is 0 Å². The topological polar surface area (TPSA) is 55.1 Å². The molecule has 2 aromatic rings. The molecule has 20 heavy (non-hydrogen) atoms. The average molecular weight is 333 g/mol. The molecule has 0 spiro atoms. The van der Waals surface area contributed by atoms with Gasteiger partial charge in [0.05, 0.1) is 0 Å². The fourth-order valence-corrected chi connectivity index (χ4v) is 2.40. The molecule has 3 N–H and O–H groups in total. The number of nitrogens with two attached hydrogens (primary N) is 1. The molecule has 1 amide bonds. The van der Waals surface area contributed by atoms with E-state index < -0.39 is 0 Å². The Morgan fingerprint density at radius 3 is 2.65 bits per heavy atom. The van der Waals surface area contributed by atoms with Crippen molar-refractivity contribution < 1.29 is 4.79 Å². The van der Waals surface area contributed by atoms with Crippen LogP contribution in [0.4, 0.5) is 11.4 Å². The molecule has 0 radical (unpaired) electrons. The van der Waals surface area contributed by atoms with Gasteiger partial charge in [0.25, 0.3) is 5.91 Å². The molecule has 0 aromatic heterocycles. The molecule has 4 heteroatoms. The van der Waals surface area contributed by atoms with Crippen molar-refractivity contribution in [3.05, 3.63) is 57.6 Å². The van der Waals surface area contributed by atoms with Crippen LogP contribution in [0.15, 0.2) is 40.9 Å². The van der Waals surface area contributed by atoms with E-state index in [0.717, 1.165) is 27.7 Å². The third kappa shape index (κ3) is 3.20. The number of benzene rings is 2. The van der Waals surface area contributed by atoms with Gasteiger partial charge in [0.15, 0.2) is 0 Å². The van der Waals surface area contributed by atoms with Crippen molar-refractivity contribution in [3.8, 4) is 0 Å². The minimum atomic E-state index is -0.120. The number of carbonyl (C=O) groups excluding carboxylic acids is 1. The Labute approximate surface area is 127 Å². The van der Waals surface area contributed by atoms with Gasteiger partial charge in [-0.05, 0) is 60.9 Å². The van der Waals surface area contributed by atoms with Crippen LogP contribution in [-0.4, -0.2) is 5.91 Å². The Kier molecular flexibility index (Phi) is 4.45. The lowest BCUT2D eigenvalue weighted by Gasteiger charge is -2.11. The molecule has 0 heterocycles. The first-order chi connectivity index (χ1) is 9.51. The molecule has 0 unspecified atom stereocenters. The second-order valence-electron chi connectivity index (χ2n) is 4.68. The van der Waals surface area contributed by atoms with Crippen LogP contribution in [0, 0.1) is 6.92 Å². The fraction of sp³-hybridized carbons (Fsp3) is 0.188. The maximum atomic E-state index is 12.3. The van der Waals surface area contributed by atoms with Gasteiger partial charge in [-0.25, -0.2) is 0 Å². The smallest absolute Gasteiger partial charge is 0.255 e. The van der Waals surface area contributed by atoms with Crippen LogP contribution in [0.1, 0.15) is 28.4 Å². The summed E-state index contributed by atoms with van der Waals surface area (Å²) in [6.45, 7) is 3.95. The second-order valence-corrected chi connectivity index (χ2v) is 5.60. The van der Waals surface area contributed by atoms with Crippen molar-refractivity contribution in [2.45, 2.75) is 20.3 Å². The van der Waals surface area contributed by atoms with Gasteiger partial charge in [0, 0.05) is 21.4 Å². The molecule has 0 aliphatic carbocycles. The highest BCUT2D eigenvalue weighted by molar-refractivity contribution is 9.10. The largest absolute Gasteiger partial charge is 0.399 e. The molecule has 0 bridgehead atoms. The number of halogens is 1. The first-order valence-corrected chi connectivity index (χ1v) is 7.26. The standard InChI is InChI=1S/C16H17BrN2O/c1-3-11-9-13(17)5-7-15(11)19-16(20)12-4-6-14(18)10(2)8-12/h4-9H,3,18H2,1-2H3,(H,19,20). The highest BCUT2D eigenvalue weighted by Gasteiger charge is 2.09. The molecule has 0 aliphatic heterocycles. The third-order valence-electron chi connectivity index (χ3n) is 3.23. The van der Waals surface area contributed by atoms with E-state index in [4.69, 9.17) is 5.73 Å². The highest BCUT2D eigenvalue weighted by Crippen LogP contribution is 2.22. The first-order valence-electron chi connectivity index (χ1n) is 6.47. The lowest BCUT2D eigenvalue weighted by Crippen LogP contribution is -2.13. The van der Waals surface area contributed by atoms with Crippen LogP contribution >= 0.6 is 15.9 Å². The summed E-state index contributed by atoms with van der Waals surface area (Å²) in [5, 5.41) is 2.95. The second kappa shape index (κ2) is 6.09. The summed E-state index contributed by atoms with van der Waals surface area (Å²) in [7, 11) is 0. The van der Waals surface area contributed by atoms with Crippen LogP contribution in [0.2, 0.25) is 0 Å². The van der Waals surface area contributed by atoms with Gasteiger partial charge in [-0.1, -0.05) is 22.9 Å². The third-order valence-corrected chi connectivity index (χ3v) is 3.72. The van der Waals surface area contributed by atoms with Crippen molar-refractivity contribution in [2.75, 3.05) is 11.1 Å². The van der Waals surface area contributed by atoms with Crippen molar-refractivity contribution in [1.29, 1.82) is 0 Å². The Hall–Kier alpha value is -1.81. The van der Waals surface area contributed by atoms with Gasteiger partial charge < -0.3 is 11.1 Å². The van der Waals surface area contributed by atoms with E-state index in [-0.39, 0.29) is 5.91 Å². The van der Waals surface area contributed by atoms with E-state index in [1.54, 1.807) is 18.2 Å². The molecule has 2 rings (SSSR count). The number of anilines is 2. The number of carbonyl (C=O) groups is 1. The Morgan fingerprint density at radius 1 is 1.25 bits per heavy atom. The number of rotatable bonds is 3. The number of hydrogen-bond acceptors (Lipinski definition) is 2. The molecular formula is C16H17BrN2O. The summed E-state index contributed by atoms with van der Waals surface area (Å²) in [6, 6.07) is 11.1. The molecular weight excluding hydrogens is 316 g/mol. The van der Waals surface area contributed by atoms with Crippen molar-refractivity contribution >= 4 is 33.2 Å². The molecule has 0 fully saturated rings.